The Kier molecular flexibility index (Phi) is 7.51. The van der Waals surface area contributed by atoms with E-state index in [4.69, 9.17) is 15.8 Å². The molecule has 0 aliphatic heterocycles. The minimum atomic E-state index is -0.188. The van der Waals surface area contributed by atoms with Gasteiger partial charge in [-0.2, -0.15) is 5.26 Å². The number of hydrogen-bond donors (Lipinski definition) is 2. The third-order valence-electron chi connectivity index (χ3n) is 4.53. The predicted octanol–water partition coefficient (Wildman–Crippen LogP) is 3.69. The Balaban J connectivity index is 1.48. The number of ether oxygens (including phenoxy) is 1. The van der Waals surface area contributed by atoms with Crippen molar-refractivity contribution in [2.45, 2.75) is 37.9 Å². The number of benzene rings is 2. The van der Waals surface area contributed by atoms with Crippen molar-refractivity contribution in [1.82, 2.24) is 14.9 Å². The number of thioether (sulfide) groups is 1. The summed E-state index contributed by atoms with van der Waals surface area (Å²) in [4.78, 5) is 12.2. The summed E-state index contributed by atoms with van der Waals surface area (Å²) < 4.78 is 7.12. The van der Waals surface area contributed by atoms with E-state index in [0.29, 0.717) is 33.9 Å². The minimum absolute atomic E-state index is 0.188. The van der Waals surface area contributed by atoms with Crippen LogP contribution in [0.3, 0.4) is 0 Å². The maximum atomic E-state index is 12.2. The Labute approximate surface area is 185 Å². The Bertz CT molecular complexity index is 1070. The number of anilines is 1. The van der Waals surface area contributed by atoms with Crippen LogP contribution in [0, 0.1) is 11.3 Å². The van der Waals surface area contributed by atoms with E-state index >= 15 is 0 Å². The monoisotopic (exact) mass is 436 g/mol. The molecule has 0 saturated carbocycles. The van der Waals surface area contributed by atoms with Crippen LogP contribution in [0.25, 0.3) is 0 Å². The van der Waals surface area contributed by atoms with Crippen molar-refractivity contribution >= 4 is 23.4 Å². The normalized spacial score (nSPS) is 10.6. The zero-order valence-electron chi connectivity index (χ0n) is 17.4. The van der Waals surface area contributed by atoms with Gasteiger partial charge in [-0.25, -0.2) is 4.68 Å². The highest BCUT2D eigenvalue weighted by Gasteiger charge is 2.13. The van der Waals surface area contributed by atoms with Gasteiger partial charge < -0.3 is 15.9 Å². The van der Waals surface area contributed by atoms with Crippen LogP contribution in [0.2, 0.25) is 0 Å². The molecule has 8 nitrogen and oxygen atoms in total. The van der Waals surface area contributed by atoms with Crippen molar-refractivity contribution < 1.29 is 9.53 Å². The number of nitriles is 1. The zero-order chi connectivity index (χ0) is 22.2. The van der Waals surface area contributed by atoms with Crippen molar-refractivity contribution in [2.24, 2.45) is 0 Å². The van der Waals surface area contributed by atoms with Crippen molar-refractivity contribution in [2.75, 3.05) is 16.9 Å². The first-order valence-electron chi connectivity index (χ1n) is 9.82. The third kappa shape index (κ3) is 5.99. The van der Waals surface area contributed by atoms with Gasteiger partial charge >= 0.3 is 0 Å². The summed E-state index contributed by atoms with van der Waals surface area (Å²) in [7, 11) is 0. The van der Waals surface area contributed by atoms with Crippen molar-refractivity contribution in [3.63, 3.8) is 0 Å². The molecule has 0 bridgehead atoms. The molecule has 3 aromatic rings. The van der Waals surface area contributed by atoms with Crippen molar-refractivity contribution in [3.05, 3.63) is 65.5 Å². The van der Waals surface area contributed by atoms with E-state index < -0.39 is 0 Å². The zero-order valence-corrected chi connectivity index (χ0v) is 18.2. The summed E-state index contributed by atoms with van der Waals surface area (Å²) in [6, 6.07) is 16.8. The fourth-order valence-corrected chi connectivity index (χ4v) is 3.55. The number of nitrogens with zero attached hydrogens (tertiary/aromatic N) is 4. The molecule has 9 heteroatoms. The van der Waals surface area contributed by atoms with Crippen molar-refractivity contribution in [1.29, 1.82) is 5.26 Å². The molecule has 0 fully saturated rings. The number of rotatable bonds is 9. The lowest BCUT2D eigenvalue weighted by Gasteiger charge is -2.09. The number of para-hydroxylation sites is 1. The first-order valence-corrected chi connectivity index (χ1v) is 10.8. The molecule has 0 radical (unpaired) electrons. The number of amides is 1. The van der Waals surface area contributed by atoms with Gasteiger partial charge in [0.05, 0.1) is 11.3 Å². The average molecular weight is 437 g/mol. The van der Waals surface area contributed by atoms with Gasteiger partial charge in [0.2, 0.25) is 11.1 Å². The van der Waals surface area contributed by atoms with E-state index in [1.54, 1.807) is 24.3 Å². The first-order chi connectivity index (χ1) is 15.0. The number of nitrogen functional groups attached to an aromatic ring is 1. The van der Waals surface area contributed by atoms with Crippen LogP contribution in [0.4, 0.5) is 5.69 Å². The minimum Gasteiger partial charge on any atom is -0.486 e. The first kappa shape index (κ1) is 22.2. The van der Waals surface area contributed by atoms with Gasteiger partial charge in [0.15, 0.2) is 5.82 Å². The lowest BCUT2D eigenvalue weighted by Crippen LogP contribution is -2.16. The summed E-state index contributed by atoms with van der Waals surface area (Å²) in [5.74, 6) is 8.02. The molecule has 3 rings (SSSR count). The van der Waals surface area contributed by atoms with Gasteiger partial charge in [0.1, 0.15) is 18.4 Å². The van der Waals surface area contributed by atoms with E-state index in [-0.39, 0.29) is 18.9 Å². The summed E-state index contributed by atoms with van der Waals surface area (Å²) in [5, 5.41) is 20.5. The molecule has 160 valence electrons. The SMILES string of the molecule is CC(C)c1ccc(OCc2nnc(SCCC(=O)Nc3ccccc3C#N)n2N)cc1. The Morgan fingerprint density at radius 1 is 1.23 bits per heavy atom. The number of aromatic nitrogens is 3. The number of hydrogen-bond acceptors (Lipinski definition) is 7. The topological polar surface area (TPSA) is 119 Å². The lowest BCUT2D eigenvalue weighted by atomic mass is 10.0. The molecular weight excluding hydrogens is 412 g/mol. The summed E-state index contributed by atoms with van der Waals surface area (Å²) in [6.45, 7) is 4.47. The number of carbonyl (C=O) groups is 1. The van der Waals surface area contributed by atoms with E-state index in [0.717, 1.165) is 5.75 Å². The molecule has 3 N–H and O–H groups in total. The van der Waals surface area contributed by atoms with E-state index in [1.807, 2.05) is 24.3 Å². The van der Waals surface area contributed by atoms with E-state index in [9.17, 15) is 4.79 Å². The number of nitrogens with one attached hydrogen (secondary N) is 1. The Morgan fingerprint density at radius 3 is 2.68 bits per heavy atom. The van der Waals surface area contributed by atoms with Gasteiger partial charge in [-0.15, -0.1) is 10.2 Å². The van der Waals surface area contributed by atoms with Gasteiger partial charge in [-0.1, -0.05) is 49.9 Å². The molecule has 1 heterocycles. The van der Waals surface area contributed by atoms with Crippen LogP contribution in [0.1, 0.15) is 43.1 Å². The smallest absolute Gasteiger partial charge is 0.225 e. The van der Waals surface area contributed by atoms with Crippen LogP contribution in [-0.2, 0) is 11.4 Å². The fourth-order valence-electron chi connectivity index (χ4n) is 2.74. The lowest BCUT2D eigenvalue weighted by molar-refractivity contribution is -0.115. The average Bonchev–Trinajstić information content (AvgIpc) is 3.12. The predicted molar refractivity (Wildman–Crippen MR) is 120 cm³/mol. The van der Waals surface area contributed by atoms with Crippen LogP contribution in [0.15, 0.2) is 53.7 Å². The molecule has 0 aliphatic carbocycles. The highest BCUT2D eigenvalue weighted by molar-refractivity contribution is 7.99. The molecule has 0 aliphatic rings. The summed E-state index contributed by atoms with van der Waals surface area (Å²) in [6.07, 6.45) is 0.241. The molecule has 1 aromatic heterocycles. The maximum absolute atomic E-state index is 12.2. The molecule has 2 aromatic carbocycles. The summed E-state index contributed by atoms with van der Waals surface area (Å²) in [5.41, 5.74) is 2.17. The Hall–Kier alpha value is -3.51. The van der Waals surface area contributed by atoms with Crippen LogP contribution < -0.4 is 15.9 Å². The van der Waals surface area contributed by atoms with Gasteiger partial charge in [-0.05, 0) is 35.7 Å². The second-order valence-corrected chi connectivity index (χ2v) is 8.15. The largest absolute Gasteiger partial charge is 0.486 e. The molecule has 0 atom stereocenters. The van der Waals surface area contributed by atoms with E-state index in [2.05, 4.69) is 35.4 Å². The highest BCUT2D eigenvalue weighted by atomic mass is 32.2. The highest BCUT2D eigenvalue weighted by Crippen LogP contribution is 2.21. The molecular formula is C22H24N6O2S. The molecule has 0 saturated heterocycles. The van der Waals surface area contributed by atoms with Gasteiger partial charge in [0, 0.05) is 12.2 Å². The molecule has 31 heavy (non-hydrogen) atoms. The molecule has 0 unspecified atom stereocenters. The Morgan fingerprint density at radius 2 is 1.97 bits per heavy atom. The van der Waals surface area contributed by atoms with Gasteiger partial charge in [0.25, 0.3) is 0 Å². The van der Waals surface area contributed by atoms with Crippen LogP contribution in [0.5, 0.6) is 5.75 Å². The quantitative estimate of drug-likeness (QED) is 0.388. The fraction of sp³-hybridized carbons (Fsp3) is 0.273. The second-order valence-electron chi connectivity index (χ2n) is 7.09. The third-order valence-corrected chi connectivity index (χ3v) is 5.48. The second kappa shape index (κ2) is 10.5. The molecule has 0 spiro atoms. The van der Waals surface area contributed by atoms with Crippen LogP contribution >= 0.6 is 11.8 Å². The standard InChI is InChI=1S/C22H24N6O2S/c1-15(2)16-7-9-18(10-8-16)30-14-20-26-27-22(28(20)24)31-12-11-21(29)25-19-6-4-3-5-17(19)13-23/h3-10,15H,11-12,14,24H2,1-2H3,(H,25,29). The van der Waals surface area contributed by atoms with Crippen LogP contribution in [-0.4, -0.2) is 26.5 Å². The number of carbonyl (C=O) groups excluding carboxylic acids is 1. The number of nitrogens with two attached hydrogens (primary N) is 1. The van der Waals surface area contributed by atoms with Crippen molar-refractivity contribution in [3.8, 4) is 11.8 Å². The van der Waals surface area contributed by atoms with Gasteiger partial charge in [-0.3, -0.25) is 4.79 Å². The molecule has 1 amide bonds. The van der Waals surface area contributed by atoms with E-state index in [1.165, 1.54) is 22.0 Å². The summed E-state index contributed by atoms with van der Waals surface area (Å²) >= 11 is 1.33. The maximum Gasteiger partial charge on any atom is 0.225 e.